The fourth-order valence-electron chi connectivity index (χ4n) is 0.0680. The topological polar surface area (TPSA) is 49.4 Å². The van der Waals surface area contributed by atoms with E-state index in [-0.39, 0.29) is 29.6 Å². The third-order valence-electron chi connectivity index (χ3n) is 0.192. The number of carbonyl (C=O) groups excluding carboxylic acids is 1. The molecule has 0 spiro atoms. The smallest absolute Gasteiger partial charge is 0.550 e. The second kappa shape index (κ2) is 15.9. The molecule has 3 nitrogen and oxygen atoms in total. The Balaban J connectivity index is -0.0000000910. The molecule has 0 aliphatic carbocycles. The number of aliphatic carboxylic acids is 1. The van der Waals surface area contributed by atoms with Gasteiger partial charge in [0, 0.05) is 5.97 Å². The second-order valence-electron chi connectivity index (χ2n) is 0.961. The van der Waals surface area contributed by atoms with E-state index in [0.29, 0.717) is 0 Å². The van der Waals surface area contributed by atoms with Crippen molar-refractivity contribution in [1.29, 1.82) is 0 Å². The number of carbonyl (C=O) groups is 1. The summed E-state index contributed by atoms with van der Waals surface area (Å²) in [6.07, 6.45) is 2.62. The minimum atomic E-state index is -1.08. The molecule has 0 amide bonds. The standard InChI is InChI=1S/C4H6O.C2H4O2.Na/c1-3-5-4-2;1-2(3)4;/h3-4H,1-2H2;1H3,(H,3,4);/q;;+1/p-1. The third-order valence-corrected chi connectivity index (χ3v) is 0.192. The third kappa shape index (κ3) is 115. The number of ether oxygens (including phenoxy) is 1. The van der Waals surface area contributed by atoms with Gasteiger partial charge >= 0.3 is 29.6 Å². The molecule has 0 rings (SSSR count). The first-order valence-corrected chi connectivity index (χ1v) is 2.20. The Kier molecular flexibility index (Phi) is 26.0. The summed E-state index contributed by atoms with van der Waals surface area (Å²) in [6, 6.07) is 0. The molecular weight excluding hydrogens is 143 g/mol. The summed E-state index contributed by atoms with van der Waals surface area (Å²) in [5.74, 6) is -1.08. The van der Waals surface area contributed by atoms with Crippen LogP contribution >= 0.6 is 0 Å². The first-order valence-electron chi connectivity index (χ1n) is 2.20. The molecule has 0 aromatic heterocycles. The van der Waals surface area contributed by atoms with Crippen molar-refractivity contribution in [2.24, 2.45) is 0 Å². The molecule has 0 saturated heterocycles. The van der Waals surface area contributed by atoms with E-state index in [4.69, 9.17) is 9.90 Å². The predicted octanol–water partition coefficient (Wildman–Crippen LogP) is -2.95. The van der Waals surface area contributed by atoms with E-state index in [9.17, 15) is 0 Å². The zero-order valence-electron chi connectivity index (χ0n) is 6.29. The van der Waals surface area contributed by atoms with Crippen molar-refractivity contribution in [2.75, 3.05) is 0 Å². The zero-order chi connectivity index (χ0) is 7.70. The van der Waals surface area contributed by atoms with Gasteiger partial charge in [0.15, 0.2) is 0 Å². The maximum Gasteiger partial charge on any atom is 1.00 e. The van der Waals surface area contributed by atoms with Gasteiger partial charge in [-0.05, 0) is 6.92 Å². The monoisotopic (exact) mass is 152 g/mol. The fraction of sp³-hybridized carbons (Fsp3) is 0.167. The summed E-state index contributed by atoms with van der Waals surface area (Å²) < 4.78 is 4.36. The Bertz CT molecular complexity index is 91.2. The summed E-state index contributed by atoms with van der Waals surface area (Å²) in [5.41, 5.74) is 0. The van der Waals surface area contributed by atoms with Crippen molar-refractivity contribution < 1.29 is 44.2 Å². The van der Waals surface area contributed by atoms with E-state index in [1.54, 1.807) is 0 Å². The first kappa shape index (κ1) is 16.4. The molecule has 0 aromatic rings. The average molecular weight is 152 g/mol. The quantitative estimate of drug-likeness (QED) is 0.314. The van der Waals surface area contributed by atoms with Gasteiger partial charge in [-0.15, -0.1) is 0 Å². The van der Waals surface area contributed by atoms with E-state index in [0.717, 1.165) is 6.92 Å². The van der Waals surface area contributed by atoms with Crippen LogP contribution in [0.25, 0.3) is 0 Å². The number of carboxylic acids is 1. The molecule has 0 aliphatic heterocycles. The van der Waals surface area contributed by atoms with Crippen LogP contribution in [0.3, 0.4) is 0 Å². The van der Waals surface area contributed by atoms with E-state index in [2.05, 4.69) is 17.9 Å². The fourth-order valence-corrected chi connectivity index (χ4v) is 0.0680. The van der Waals surface area contributed by atoms with Gasteiger partial charge in [-0.3, -0.25) is 0 Å². The zero-order valence-corrected chi connectivity index (χ0v) is 8.29. The summed E-state index contributed by atoms with van der Waals surface area (Å²) in [4.78, 5) is 8.89. The molecule has 0 aromatic carbocycles. The first-order chi connectivity index (χ1) is 4.15. The molecule has 0 radical (unpaired) electrons. The van der Waals surface area contributed by atoms with Gasteiger partial charge < -0.3 is 14.6 Å². The minimum Gasteiger partial charge on any atom is -0.550 e. The molecule has 0 aliphatic rings. The Morgan fingerprint density at radius 3 is 1.70 bits per heavy atom. The molecule has 52 valence electrons. The number of hydrogen-bond donors (Lipinski definition) is 0. The predicted molar refractivity (Wildman–Crippen MR) is 32.2 cm³/mol. The van der Waals surface area contributed by atoms with Crippen LogP contribution in [-0.2, 0) is 9.53 Å². The van der Waals surface area contributed by atoms with Gasteiger partial charge in [0.05, 0.1) is 12.5 Å². The number of carboxylic acid groups (broad SMARTS) is 1. The van der Waals surface area contributed by atoms with Gasteiger partial charge in [0.25, 0.3) is 0 Å². The molecule has 4 heteroatoms. The molecule has 0 N–H and O–H groups in total. The summed E-state index contributed by atoms with van der Waals surface area (Å²) in [7, 11) is 0. The molecule has 0 unspecified atom stereocenters. The average Bonchev–Trinajstić information content (AvgIpc) is 1.66. The normalized spacial score (nSPS) is 5.30. The van der Waals surface area contributed by atoms with E-state index in [1.807, 2.05) is 0 Å². The summed E-state index contributed by atoms with van der Waals surface area (Å²) in [5, 5.41) is 8.89. The summed E-state index contributed by atoms with van der Waals surface area (Å²) >= 11 is 0. The maximum absolute atomic E-state index is 8.89. The minimum absolute atomic E-state index is 0. The van der Waals surface area contributed by atoms with Crippen molar-refractivity contribution in [3.63, 3.8) is 0 Å². The van der Waals surface area contributed by atoms with Crippen molar-refractivity contribution in [3.8, 4) is 0 Å². The molecule has 0 fully saturated rings. The van der Waals surface area contributed by atoms with Crippen LogP contribution in [0.2, 0.25) is 0 Å². The van der Waals surface area contributed by atoms with Crippen LogP contribution in [0.4, 0.5) is 0 Å². The second-order valence-corrected chi connectivity index (χ2v) is 0.961. The van der Waals surface area contributed by atoms with E-state index in [1.165, 1.54) is 12.5 Å². The van der Waals surface area contributed by atoms with Gasteiger partial charge in [-0.2, -0.15) is 0 Å². The van der Waals surface area contributed by atoms with Crippen molar-refractivity contribution >= 4 is 5.97 Å². The molecule has 10 heavy (non-hydrogen) atoms. The van der Waals surface area contributed by atoms with Gasteiger partial charge in [0.2, 0.25) is 0 Å². The van der Waals surface area contributed by atoms with Crippen LogP contribution in [0.5, 0.6) is 0 Å². The van der Waals surface area contributed by atoms with Crippen LogP contribution < -0.4 is 34.7 Å². The SMILES string of the molecule is C=COC=C.CC(=O)[O-].[Na+]. The van der Waals surface area contributed by atoms with E-state index >= 15 is 0 Å². The maximum atomic E-state index is 8.89. The van der Waals surface area contributed by atoms with Crippen molar-refractivity contribution in [1.82, 2.24) is 0 Å². The molecular formula is C6H9NaO3. The molecule has 0 saturated carbocycles. The molecule has 0 bridgehead atoms. The molecule has 0 atom stereocenters. The molecule has 0 heterocycles. The van der Waals surface area contributed by atoms with Crippen molar-refractivity contribution in [2.45, 2.75) is 6.92 Å². The van der Waals surface area contributed by atoms with Crippen LogP contribution in [0.15, 0.2) is 25.7 Å². The van der Waals surface area contributed by atoms with E-state index < -0.39 is 5.97 Å². The van der Waals surface area contributed by atoms with Crippen LogP contribution in [0, 0.1) is 0 Å². The Labute approximate surface area is 82.7 Å². The van der Waals surface area contributed by atoms with Gasteiger partial charge in [0.1, 0.15) is 0 Å². The van der Waals surface area contributed by atoms with Crippen molar-refractivity contribution in [3.05, 3.63) is 25.7 Å². The summed E-state index contributed by atoms with van der Waals surface area (Å²) in [6.45, 7) is 7.49. The Morgan fingerprint density at radius 1 is 1.50 bits per heavy atom. The Hall–Kier alpha value is -0.250. The Morgan fingerprint density at radius 2 is 1.70 bits per heavy atom. The van der Waals surface area contributed by atoms with Gasteiger partial charge in [-0.25, -0.2) is 0 Å². The number of hydrogen-bond acceptors (Lipinski definition) is 3. The van der Waals surface area contributed by atoms with Crippen LogP contribution in [-0.4, -0.2) is 5.97 Å². The largest absolute Gasteiger partial charge is 1.00 e. The van der Waals surface area contributed by atoms with Crippen LogP contribution in [0.1, 0.15) is 6.92 Å². The number of rotatable bonds is 2. The van der Waals surface area contributed by atoms with Gasteiger partial charge in [-0.1, -0.05) is 13.2 Å².